The third-order valence-electron chi connectivity index (χ3n) is 15.9. The predicted molar refractivity (Wildman–Crippen MR) is 353 cm³/mol. The first-order valence-electron chi connectivity index (χ1n) is 28.1. The molecule has 0 aliphatic rings. The fourth-order valence-corrected chi connectivity index (χ4v) is 11.2. The second-order valence-corrected chi connectivity index (χ2v) is 21.4. The van der Waals surface area contributed by atoms with Gasteiger partial charge in [0.2, 0.25) is 0 Å². The normalized spacial score (nSPS) is 11.8. The first-order chi connectivity index (χ1) is 40.0. The number of nitrogens with zero attached hydrogens (tertiary/aromatic N) is 3. The fraction of sp³-hybridized carbons (Fsp3) is 0.0633. The van der Waals surface area contributed by atoms with E-state index in [1.54, 1.807) is 0 Å². The van der Waals surface area contributed by atoms with Gasteiger partial charge in [-0.1, -0.05) is 261 Å². The van der Waals surface area contributed by atoms with Gasteiger partial charge in [-0.25, -0.2) is 4.98 Å². The Hall–Kier alpha value is -10.2. The molecule has 0 bridgehead atoms. The van der Waals surface area contributed by atoms with Crippen LogP contribution in [0.1, 0.15) is 59.7 Å². The summed E-state index contributed by atoms with van der Waals surface area (Å²) in [4.78, 5) is 10.7. The van der Waals surface area contributed by atoms with Crippen LogP contribution in [0.15, 0.2) is 285 Å². The number of hydrogen-bond acceptors (Lipinski definition) is 2. The highest BCUT2D eigenvalue weighted by atomic mass is 15.1. The van der Waals surface area contributed by atoms with Gasteiger partial charge in [0.15, 0.2) is 0 Å². The number of hydrogen-bond donors (Lipinski definition) is 0. The molecule has 1 heterocycles. The molecule has 0 atom stereocenters. The van der Waals surface area contributed by atoms with E-state index in [4.69, 9.17) is 16.6 Å². The van der Waals surface area contributed by atoms with Crippen LogP contribution in [0, 0.1) is 13.8 Å². The lowest BCUT2D eigenvalue weighted by Crippen LogP contribution is -2.04. The Balaban J connectivity index is 0.000000175. The van der Waals surface area contributed by atoms with Crippen molar-refractivity contribution in [2.24, 2.45) is 4.99 Å². The van der Waals surface area contributed by atoms with Crippen LogP contribution in [-0.2, 0) is 0 Å². The van der Waals surface area contributed by atoms with Crippen LogP contribution in [-0.4, -0.2) is 15.3 Å². The Morgan fingerprint density at radius 1 is 0.378 bits per heavy atom. The van der Waals surface area contributed by atoms with Crippen molar-refractivity contribution in [3.8, 4) is 45.0 Å². The number of benzene rings is 12. The third kappa shape index (κ3) is 10.7. The Morgan fingerprint density at radius 3 is 1.34 bits per heavy atom. The van der Waals surface area contributed by atoms with Gasteiger partial charge in [-0.2, -0.15) is 0 Å². The van der Waals surface area contributed by atoms with Gasteiger partial charge < -0.3 is 0 Å². The van der Waals surface area contributed by atoms with E-state index in [0.717, 1.165) is 84.4 Å². The molecule has 13 rings (SSSR count). The van der Waals surface area contributed by atoms with Gasteiger partial charge in [0.05, 0.1) is 17.1 Å². The summed E-state index contributed by atoms with van der Waals surface area (Å²) in [5, 5.41) is 9.73. The van der Waals surface area contributed by atoms with Crippen LogP contribution in [0.5, 0.6) is 0 Å². The molecular weight excluding hydrogens is 991 g/mol. The first kappa shape index (κ1) is 52.5. The molecule has 0 radical (unpaired) electrons. The number of aromatic nitrogens is 2. The van der Waals surface area contributed by atoms with Crippen molar-refractivity contribution in [2.45, 2.75) is 34.6 Å². The van der Waals surface area contributed by atoms with Gasteiger partial charge in [-0.05, 0) is 152 Å². The van der Waals surface area contributed by atoms with E-state index < -0.39 is 0 Å². The Labute approximate surface area is 481 Å². The van der Waals surface area contributed by atoms with Crippen LogP contribution in [0.2, 0.25) is 0 Å². The quantitative estimate of drug-likeness (QED) is 0.0938. The third-order valence-corrected chi connectivity index (χ3v) is 15.9. The van der Waals surface area contributed by atoms with Crippen LogP contribution in [0.4, 0.5) is 0 Å². The molecule has 0 unspecified atom stereocenters. The van der Waals surface area contributed by atoms with E-state index >= 15 is 0 Å². The number of fused-ring (bicyclic) bond motifs is 4. The van der Waals surface area contributed by atoms with E-state index in [0.29, 0.717) is 0 Å². The number of imidazole rings is 1. The zero-order valence-electron chi connectivity index (χ0n) is 47.2. The zero-order valence-corrected chi connectivity index (χ0v) is 47.2. The summed E-state index contributed by atoms with van der Waals surface area (Å²) < 4.78 is 2.27. The van der Waals surface area contributed by atoms with Crippen molar-refractivity contribution in [1.29, 1.82) is 0 Å². The smallest absolute Gasteiger partial charge is 0.146 e. The molecule has 0 N–H and O–H groups in total. The molecule has 0 spiro atoms. The fourth-order valence-electron chi connectivity index (χ4n) is 11.2. The van der Waals surface area contributed by atoms with Crippen LogP contribution in [0.25, 0.3) is 111 Å². The molecule has 1 aromatic heterocycles. The zero-order chi connectivity index (χ0) is 56.3. The predicted octanol–water partition coefficient (Wildman–Crippen LogP) is 21.4. The van der Waals surface area contributed by atoms with E-state index in [1.165, 1.54) is 70.9 Å². The summed E-state index contributed by atoms with van der Waals surface area (Å²) in [6.07, 6.45) is 0. The van der Waals surface area contributed by atoms with Crippen molar-refractivity contribution in [2.75, 3.05) is 0 Å². The maximum atomic E-state index is 5.50. The Morgan fingerprint density at radius 2 is 0.793 bits per heavy atom. The standard InChI is InChI=1S/C47H36N2.C32H27N/c1-31(2)34-17-21-38(22-18-34)39-23-19-35(20-24-39)33(4)49-46(43-28-26-37-13-7-9-15-41(37)30-43)45(48-47(49)44-16-10-5-11-32(44)3)42-27-25-36-12-6-8-14-40(36)29-42;1-22-10-4-9-15-31(22)24(3)33-32(30-19-17-26-12-6-8-14-29(26)21-30)23(2)27-18-16-25-11-5-7-13-28(25)20-27/h5-30H,1,4H2,2-3H3;4-21H,1-3H3/b;32-23+,33-24?. The SMILES string of the molecule is C=C(C)c1ccc(-c2ccc(C(=C)n3c(-c4ccccc4C)nc(-c4ccc5ccccc5c4)c3-c3ccc4ccccc4c3)cc2)cc1.CC(=N/C(=C(\C)c1ccc2ccccc2c1)c1ccc2ccccc2c1)c1ccccc1C. The van der Waals surface area contributed by atoms with E-state index in [-0.39, 0.29) is 0 Å². The van der Waals surface area contributed by atoms with Crippen LogP contribution >= 0.6 is 0 Å². The van der Waals surface area contributed by atoms with Gasteiger partial charge in [0.1, 0.15) is 5.82 Å². The Kier molecular flexibility index (Phi) is 14.6. The molecule has 13 aromatic rings. The number of allylic oxidation sites excluding steroid dienone is 2. The summed E-state index contributed by atoms with van der Waals surface area (Å²) in [6.45, 7) is 19.5. The molecule has 394 valence electrons. The molecule has 3 heteroatoms. The van der Waals surface area contributed by atoms with Gasteiger partial charge in [-0.3, -0.25) is 9.56 Å². The summed E-state index contributed by atoms with van der Waals surface area (Å²) >= 11 is 0. The minimum absolute atomic E-state index is 0.866. The summed E-state index contributed by atoms with van der Waals surface area (Å²) in [5.74, 6) is 0.869. The molecule has 82 heavy (non-hydrogen) atoms. The number of aliphatic imine (C=N–C) groups is 1. The monoisotopic (exact) mass is 1050 g/mol. The topological polar surface area (TPSA) is 30.2 Å². The lowest BCUT2D eigenvalue weighted by Gasteiger charge is -2.18. The highest BCUT2D eigenvalue weighted by molar-refractivity contribution is 6.06. The summed E-state index contributed by atoms with van der Waals surface area (Å²) in [7, 11) is 0. The molecule has 0 aliphatic carbocycles. The van der Waals surface area contributed by atoms with Crippen LogP contribution in [0.3, 0.4) is 0 Å². The van der Waals surface area contributed by atoms with E-state index in [1.807, 2.05) is 6.92 Å². The van der Waals surface area contributed by atoms with E-state index in [2.05, 4.69) is 306 Å². The van der Waals surface area contributed by atoms with Crippen molar-refractivity contribution in [1.82, 2.24) is 9.55 Å². The lowest BCUT2D eigenvalue weighted by atomic mass is 9.96. The van der Waals surface area contributed by atoms with Gasteiger partial charge in [-0.15, -0.1) is 0 Å². The van der Waals surface area contributed by atoms with Crippen LogP contribution < -0.4 is 0 Å². The maximum Gasteiger partial charge on any atom is 0.146 e. The summed E-state index contributed by atoms with van der Waals surface area (Å²) in [5.41, 5.74) is 20.7. The molecule has 0 saturated heterocycles. The maximum absolute atomic E-state index is 5.50. The Bertz CT molecular complexity index is 4640. The lowest BCUT2D eigenvalue weighted by molar-refractivity contribution is 1.10. The van der Waals surface area contributed by atoms with Crippen molar-refractivity contribution >= 4 is 71.3 Å². The van der Waals surface area contributed by atoms with Crippen molar-refractivity contribution < 1.29 is 0 Å². The minimum atomic E-state index is 0.866. The van der Waals surface area contributed by atoms with Crippen molar-refractivity contribution in [3.05, 3.63) is 319 Å². The molecule has 0 fully saturated rings. The molecule has 0 saturated carbocycles. The molecule has 0 amide bonds. The van der Waals surface area contributed by atoms with Gasteiger partial charge >= 0.3 is 0 Å². The average molecular weight is 1050 g/mol. The van der Waals surface area contributed by atoms with E-state index in [9.17, 15) is 0 Å². The van der Waals surface area contributed by atoms with Crippen molar-refractivity contribution in [3.63, 3.8) is 0 Å². The average Bonchev–Trinajstić information content (AvgIpc) is 2.94. The highest BCUT2D eigenvalue weighted by Crippen LogP contribution is 2.42. The largest absolute Gasteiger partial charge is 0.292 e. The molecular formula is C79H63N3. The molecule has 3 nitrogen and oxygen atoms in total. The minimum Gasteiger partial charge on any atom is -0.292 e. The van der Waals surface area contributed by atoms with Gasteiger partial charge in [0, 0.05) is 33.7 Å². The molecule has 12 aromatic carbocycles. The second-order valence-electron chi connectivity index (χ2n) is 21.4. The first-order valence-corrected chi connectivity index (χ1v) is 28.1. The highest BCUT2D eigenvalue weighted by Gasteiger charge is 2.25. The number of aryl methyl sites for hydroxylation is 2. The summed E-state index contributed by atoms with van der Waals surface area (Å²) in [6, 6.07) is 94.9. The number of rotatable bonds is 11. The molecule has 0 aliphatic heterocycles. The second kappa shape index (κ2) is 22.9. The van der Waals surface area contributed by atoms with Gasteiger partial charge in [0.25, 0.3) is 0 Å².